The molecule has 0 aliphatic carbocycles. The Hall–Kier alpha value is -0.890. The van der Waals surface area contributed by atoms with Gasteiger partial charge in [0.2, 0.25) is 0 Å². The smallest absolute Gasteiger partial charge is 0.0457 e. The quantitative estimate of drug-likeness (QED) is 0.827. The standard InChI is InChI=1S/C14H24N2/c1-13(2,3)12-8-7-11(9-15-12)10-16-14(4,5)6/h7-9,16H,10H2,1-6H3. The van der Waals surface area contributed by atoms with Gasteiger partial charge < -0.3 is 5.32 Å². The van der Waals surface area contributed by atoms with E-state index in [1.165, 1.54) is 5.56 Å². The van der Waals surface area contributed by atoms with Crippen LogP contribution in [0.25, 0.3) is 0 Å². The molecule has 0 unspecified atom stereocenters. The minimum Gasteiger partial charge on any atom is -0.308 e. The maximum atomic E-state index is 4.51. The van der Waals surface area contributed by atoms with Crippen LogP contribution in [0.3, 0.4) is 0 Å². The van der Waals surface area contributed by atoms with Crippen LogP contribution in [0.2, 0.25) is 0 Å². The highest BCUT2D eigenvalue weighted by molar-refractivity contribution is 5.19. The van der Waals surface area contributed by atoms with Crippen LogP contribution in [0.15, 0.2) is 18.3 Å². The first kappa shape index (κ1) is 13.2. The number of nitrogens with one attached hydrogen (secondary N) is 1. The second-order valence-electron chi connectivity index (χ2n) is 6.41. The van der Waals surface area contributed by atoms with Gasteiger partial charge in [0.25, 0.3) is 0 Å². The maximum absolute atomic E-state index is 4.51. The van der Waals surface area contributed by atoms with Gasteiger partial charge in [-0.3, -0.25) is 4.98 Å². The Balaban J connectivity index is 2.66. The van der Waals surface area contributed by atoms with Gasteiger partial charge in [-0.05, 0) is 32.4 Å². The average Bonchev–Trinajstić information content (AvgIpc) is 2.13. The van der Waals surface area contributed by atoms with Crippen molar-refractivity contribution in [2.75, 3.05) is 0 Å². The van der Waals surface area contributed by atoms with Gasteiger partial charge in [-0.25, -0.2) is 0 Å². The van der Waals surface area contributed by atoms with Crippen LogP contribution in [-0.2, 0) is 12.0 Å². The van der Waals surface area contributed by atoms with E-state index in [9.17, 15) is 0 Å². The predicted octanol–water partition coefficient (Wildman–Crippen LogP) is 3.27. The molecule has 1 rings (SSSR count). The molecule has 0 saturated carbocycles. The van der Waals surface area contributed by atoms with Gasteiger partial charge in [-0.1, -0.05) is 26.8 Å². The molecule has 90 valence electrons. The van der Waals surface area contributed by atoms with Crippen LogP contribution in [0.4, 0.5) is 0 Å². The zero-order valence-corrected chi connectivity index (χ0v) is 11.4. The van der Waals surface area contributed by atoms with E-state index < -0.39 is 0 Å². The van der Waals surface area contributed by atoms with E-state index in [1.807, 2.05) is 6.20 Å². The highest BCUT2D eigenvalue weighted by Gasteiger charge is 2.15. The Bertz CT molecular complexity index is 325. The van der Waals surface area contributed by atoms with Gasteiger partial charge in [-0.15, -0.1) is 0 Å². The zero-order chi connectivity index (χ0) is 12.4. The number of hydrogen-bond acceptors (Lipinski definition) is 2. The normalized spacial score (nSPS) is 12.9. The van der Waals surface area contributed by atoms with Crippen LogP contribution >= 0.6 is 0 Å². The fourth-order valence-electron chi connectivity index (χ4n) is 1.34. The fraction of sp³-hybridized carbons (Fsp3) is 0.643. The Morgan fingerprint density at radius 2 is 1.69 bits per heavy atom. The van der Waals surface area contributed by atoms with Crippen molar-refractivity contribution in [3.05, 3.63) is 29.6 Å². The van der Waals surface area contributed by atoms with Gasteiger partial charge in [0.05, 0.1) is 0 Å². The first-order valence-corrected chi connectivity index (χ1v) is 5.89. The fourth-order valence-corrected chi connectivity index (χ4v) is 1.34. The number of pyridine rings is 1. The molecule has 1 aromatic heterocycles. The van der Waals surface area contributed by atoms with Gasteiger partial charge in [0.1, 0.15) is 0 Å². The van der Waals surface area contributed by atoms with E-state index >= 15 is 0 Å². The lowest BCUT2D eigenvalue weighted by Gasteiger charge is -2.21. The number of aromatic nitrogens is 1. The molecule has 2 nitrogen and oxygen atoms in total. The zero-order valence-electron chi connectivity index (χ0n) is 11.4. The van der Waals surface area contributed by atoms with Gasteiger partial charge in [0, 0.05) is 29.4 Å². The number of nitrogens with zero attached hydrogens (tertiary/aromatic N) is 1. The van der Waals surface area contributed by atoms with Crippen LogP contribution in [0, 0.1) is 0 Å². The first-order valence-electron chi connectivity index (χ1n) is 5.89. The molecular weight excluding hydrogens is 196 g/mol. The average molecular weight is 220 g/mol. The van der Waals surface area contributed by atoms with Crippen LogP contribution < -0.4 is 5.32 Å². The number of hydrogen-bond donors (Lipinski definition) is 1. The lowest BCUT2D eigenvalue weighted by Crippen LogP contribution is -2.35. The summed E-state index contributed by atoms with van der Waals surface area (Å²) >= 11 is 0. The Labute approximate surface area is 99.5 Å². The molecule has 0 bridgehead atoms. The highest BCUT2D eigenvalue weighted by Crippen LogP contribution is 2.19. The van der Waals surface area contributed by atoms with Crippen molar-refractivity contribution in [1.82, 2.24) is 10.3 Å². The summed E-state index contributed by atoms with van der Waals surface area (Å²) < 4.78 is 0. The third-order valence-corrected chi connectivity index (χ3v) is 2.42. The molecule has 1 N–H and O–H groups in total. The van der Waals surface area contributed by atoms with Gasteiger partial charge in [-0.2, -0.15) is 0 Å². The van der Waals surface area contributed by atoms with E-state index in [2.05, 4.69) is 64.0 Å². The molecule has 0 amide bonds. The van der Waals surface area contributed by atoms with E-state index in [0.717, 1.165) is 12.2 Å². The van der Waals surface area contributed by atoms with Gasteiger partial charge in [0.15, 0.2) is 0 Å². The minimum atomic E-state index is 0.135. The summed E-state index contributed by atoms with van der Waals surface area (Å²) in [7, 11) is 0. The van der Waals surface area contributed by atoms with Crippen LogP contribution in [0.1, 0.15) is 52.8 Å². The van der Waals surface area contributed by atoms with E-state index in [-0.39, 0.29) is 11.0 Å². The predicted molar refractivity (Wildman–Crippen MR) is 69.5 cm³/mol. The van der Waals surface area contributed by atoms with Crippen molar-refractivity contribution in [3.8, 4) is 0 Å². The van der Waals surface area contributed by atoms with E-state index in [1.54, 1.807) is 0 Å². The molecule has 0 aliphatic rings. The third kappa shape index (κ3) is 4.31. The van der Waals surface area contributed by atoms with Crippen molar-refractivity contribution >= 4 is 0 Å². The highest BCUT2D eigenvalue weighted by atomic mass is 14.9. The Kier molecular flexibility index (Phi) is 3.74. The minimum absolute atomic E-state index is 0.135. The molecule has 0 saturated heterocycles. The Morgan fingerprint density at radius 3 is 2.06 bits per heavy atom. The lowest BCUT2D eigenvalue weighted by molar-refractivity contribution is 0.423. The lowest BCUT2D eigenvalue weighted by atomic mass is 9.91. The summed E-state index contributed by atoms with van der Waals surface area (Å²) in [5.41, 5.74) is 2.67. The second kappa shape index (κ2) is 4.54. The maximum Gasteiger partial charge on any atom is 0.0457 e. The largest absolute Gasteiger partial charge is 0.308 e. The molecule has 0 fully saturated rings. The van der Waals surface area contributed by atoms with E-state index in [0.29, 0.717) is 0 Å². The third-order valence-electron chi connectivity index (χ3n) is 2.42. The summed E-state index contributed by atoms with van der Waals surface area (Å²) in [6.45, 7) is 13.9. The topological polar surface area (TPSA) is 24.9 Å². The van der Waals surface area contributed by atoms with Crippen LogP contribution in [-0.4, -0.2) is 10.5 Å². The Morgan fingerprint density at radius 1 is 1.06 bits per heavy atom. The number of rotatable bonds is 2. The molecule has 0 radical (unpaired) electrons. The van der Waals surface area contributed by atoms with Crippen molar-refractivity contribution in [2.24, 2.45) is 0 Å². The molecule has 16 heavy (non-hydrogen) atoms. The summed E-state index contributed by atoms with van der Waals surface area (Å²) in [5.74, 6) is 0. The van der Waals surface area contributed by atoms with Crippen LogP contribution in [0.5, 0.6) is 0 Å². The second-order valence-corrected chi connectivity index (χ2v) is 6.41. The summed E-state index contributed by atoms with van der Waals surface area (Å²) in [6.07, 6.45) is 1.97. The summed E-state index contributed by atoms with van der Waals surface area (Å²) in [4.78, 5) is 4.51. The molecule has 1 aromatic rings. The monoisotopic (exact) mass is 220 g/mol. The van der Waals surface area contributed by atoms with Crippen molar-refractivity contribution < 1.29 is 0 Å². The van der Waals surface area contributed by atoms with E-state index in [4.69, 9.17) is 0 Å². The molecule has 0 aliphatic heterocycles. The van der Waals surface area contributed by atoms with Crippen molar-refractivity contribution in [2.45, 2.75) is 59.0 Å². The molecule has 0 spiro atoms. The van der Waals surface area contributed by atoms with Crippen molar-refractivity contribution in [3.63, 3.8) is 0 Å². The molecule has 0 atom stereocenters. The molecule has 1 heterocycles. The summed E-state index contributed by atoms with van der Waals surface area (Å²) in [6, 6.07) is 4.28. The SMILES string of the molecule is CC(C)(C)NCc1ccc(C(C)(C)C)nc1. The first-order chi connectivity index (χ1) is 7.18. The van der Waals surface area contributed by atoms with Crippen molar-refractivity contribution in [1.29, 1.82) is 0 Å². The molecule has 0 aromatic carbocycles. The summed E-state index contributed by atoms with van der Waals surface area (Å²) in [5, 5.41) is 3.46. The van der Waals surface area contributed by atoms with Gasteiger partial charge >= 0.3 is 0 Å². The molecular formula is C14H24N2. The molecule has 2 heteroatoms.